The van der Waals surface area contributed by atoms with Gasteiger partial charge in [-0.15, -0.1) is 5.10 Å². The molecule has 1 heterocycles. The summed E-state index contributed by atoms with van der Waals surface area (Å²) < 4.78 is 1.86. The summed E-state index contributed by atoms with van der Waals surface area (Å²) in [7, 11) is 0. The third-order valence-corrected chi connectivity index (χ3v) is 2.73. The van der Waals surface area contributed by atoms with E-state index in [2.05, 4.69) is 59.0 Å². The lowest BCUT2D eigenvalue weighted by Gasteiger charge is -2.08. The van der Waals surface area contributed by atoms with Crippen LogP contribution in [0.1, 0.15) is 25.2 Å². The highest BCUT2D eigenvalue weighted by atomic mass is 15.5. The molecule has 0 saturated carbocycles. The maximum absolute atomic E-state index is 4.04. The first-order valence-corrected chi connectivity index (χ1v) is 6.28. The van der Waals surface area contributed by atoms with E-state index in [4.69, 9.17) is 0 Å². The SMILES string of the molecule is CC(C)NCc1nnnn1CCc1ccccc1. The van der Waals surface area contributed by atoms with E-state index in [9.17, 15) is 0 Å². The molecule has 1 aromatic carbocycles. The van der Waals surface area contributed by atoms with Gasteiger partial charge in [0.2, 0.25) is 0 Å². The molecule has 0 fully saturated rings. The van der Waals surface area contributed by atoms with Gasteiger partial charge in [-0.3, -0.25) is 0 Å². The molecule has 0 atom stereocenters. The minimum atomic E-state index is 0.435. The van der Waals surface area contributed by atoms with Crippen molar-refractivity contribution in [1.29, 1.82) is 0 Å². The molecule has 2 rings (SSSR count). The Morgan fingerprint density at radius 3 is 2.72 bits per heavy atom. The number of nitrogens with zero attached hydrogens (tertiary/aromatic N) is 4. The van der Waals surface area contributed by atoms with Gasteiger partial charge < -0.3 is 5.32 Å². The summed E-state index contributed by atoms with van der Waals surface area (Å²) in [5.41, 5.74) is 1.30. The highest BCUT2D eigenvalue weighted by Gasteiger charge is 2.06. The van der Waals surface area contributed by atoms with Gasteiger partial charge in [-0.25, -0.2) is 4.68 Å². The van der Waals surface area contributed by atoms with Gasteiger partial charge in [0.05, 0.1) is 6.54 Å². The highest BCUT2D eigenvalue weighted by molar-refractivity contribution is 5.14. The van der Waals surface area contributed by atoms with Crippen LogP contribution in [0, 0.1) is 0 Å². The van der Waals surface area contributed by atoms with Crippen LogP contribution in [-0.4, -0.2) is 26.2 Å². The summed E-state index contributed by atoms with van der Waals surface area (Å²) in [4.78, 5) is 0. The number of benzene rings is 1. The molecular weight excluding hydrogens is 226 g/mol. The molecular formula is C13H19N5. The summed E-state index contributed by atoms with van der Waals surface area (Å²) in [6, 6.07) is 10.8. The largest absolute Gasteiger partial charge is 0.308 e. The molecule has 1 N–H and O–H groups in total. The average Bonchev–Trinajstić information content (AvgIpc) is 2.82. The Labute approximate surface area is 107 Å². The first kappa shape index (κ1) is 12.7. The van der Waals surface area contributed by atoms with Crippen LogP contribution in [0.3, 0.4) is 0 Å². The van der Waals surface area contributed by atoms with Gasteiger partial charge in [-0.2, -0.15) is 0 Å². The molecule has 96 valence electrons. The van der Waals surface area contributed by atoms with Gasteiger partial charge in [-0.1, -0.05) is 44.2 Å². The number of hydrogen-bond donors (Lipinski definition) is 1. The lowest BCUT2D eigenvalue weighted by molar-refractivity contribution is 0.517. The smallest absolute Gasteiger partial charge is 0.165 e. The van der Waals surface area contributed by atoms with E-state index in [0.717, 1.165) is 18.8 Å². The highest BCUT2D eigenvalue weighted by Crippen LogP contribution is 2.02. The van der Waals surface area contributed by atoms with Crippen molar-refractivity contribution in [2.45, 2.75) is 39.4 Å². The summed E-state index contributed by atoms with van der Waals surface area (Å²) >= 11 is 0. The molecule has 0 aliphatic heterocycles. The Bertz CT molecular complexity index is 463. The third kappa shape index (κ3) is 3.63. The summed E-state index contributed by atoms with van der Waals surface area (Å²) in [5.74, 6) is 0.889. The fourth-order valence-corrected chi connectivity index (χ4v) is 1.70. The van der Waals surface area contributed by atoms with E-state index in [-0.39, 0.29) is 0 Å². The van der Waals surface area contributed by atoms with Crippen LogP contribution in [0.25, 0.3) is 0 Å². The van der Waals surface area contributed by atoms with E-state index in [1.54, 1.807) is 0 Å². The zero-order chi connectivity index (χ0) is 12.8. The summed E-state index contributed by atoms with van der Waals surface area (Å²) in [5, 5.41) is 15.1. The number of hydrogen-bond acceptors (Lipinski definition) is 4. The van der Waals surface area contributed by atoms with Crippen molar-refractivity contribution in [2.75, 3.05) is 0 Å². The minimum absolute atomic E-state index is 0.435. The molecule has 1 aromatic heterocycles. The second-order valence-electron chi connectivity index (χ2n) is 4.59. The molecule has 0 radical (unpaired) electrons. The van der Waals surface area contributed by atoms with E-state index in [1.165, 1.54) is 5.56 Å². The van der Waals surface area contributed by atoms with E-state index in [1.807, 2.05) is 10.7 Å². The summed E-state index contributed by atoms with van der Waals surface area (Å²) in [6.07, 6.45) is 0.945. The predicted octanol–water partition coefficient (Wildman–Crippen LogP) is 1.41. The number of nitrogens with one attached hydrogen (secondary N) is 1. The lowest BCUT2D eigenvalue weighted by Crippen LogP contribution is -2.24. The van der Waals surface area contributed by atoms with Crippen molar-refractivity contribution in [3.05, 3.63) is 41.7 Å². The van der Waals surface area contributed by atoms with Gasteiger partial charge in [0.1, 0.15) is 0 Å². The standard InChI is InChI=1S/C13H19N5/c1-11(2)14-10-13-15-16-17-18(13)9-8-12-6-4-3-5-7-12/h3-7,11,14H,8-10H2,1-2H3. The molecule has 0 spiro atoms. The van der Waals surface area contributed by atoms with Crippen LogP contribution in [-0.2, 0) is 19.5 Å². The number of aryl methyl sites for hydroxylation is 2. The van der Waals surface area contributed by atoms with Gasteiger partial charge in [0.15, 0.2) is 5.82 Å². The van der Waals surface area contributed by atoms with Crippen LogP contribution < -0.4 is 5.32 Å². The van der Waals surface area contributed by atoms with Crippen molar-refractivity contribution in [2.24, 2.45) is 0 Å². The fraction of sp³-hybridized carbons (Fsp3) is 0.462. The summed E-state index contributed by atoms with van der Waals surface area (Å²) in [6.45, 7) is 5.74. The van der Waals surface area contributed by atoms with Crippen LogP contribution >= 0.6 is 0 Å². The second kappa shape index (κ2) is 6.26. The number of rotatable bonds is 6. The number of aromatic nitrogens is 4. The molecule has 5 nitrogen and oxygen atoms in total. The van der Waals surface area contributed by atoms with Crippen LogP contribution in [0.2, 0.25) is 0 Å². The molecule has 0 aliphatic carbocycles. The molecule has 0 amide bonds. The fourth-order valence-electron chi connectivity index (χ4n) is 1.70. The Morgan fingerprint density at radius 2 is 2.00 bits per heavy atom. The zero-order valence-corrected chi connectivity index (χ0v) is 10.9. The Hall–Kier alpha value is -1.75. The Balaban J connectivity index is 1.91. The van der Waals surface area contributed by atoms with Gasteiger partial charge in [-0.05, 0) is 22.4 Å². The van der Waals surface area contributed by atoms with E-state index >= 15 is 0 Å². The van der Waals surface area contributed by atoms with Crippen molar-refractivity contribution in [1.82, 2.24) is 25.5 Å². The average molecular weight is 245 g/mol. The molecule has 0 saturated heterocycles. The van der Waals surface area contributed by atoms with Crippen molar-refractivity contribution in [3.8, 4) is 0 Å². The molecule has 2 aromatic rings. The number of tetrazole rings is 1. The van der Waals surface area contributed by atoms with Crippen molar-refractivity contribution >= 4 is 0 Å². The van der Waals surface area contributed by atoms with Crippen molar-refractivity contribution < 1.29 is 0 Å². The maximum atomic E-state index is 4.04. The zero-order valence-electron chi connectivity index (χ0n) is 10.9. The Morgan fingerprint density at radius 1 is 1.22 bits per heavy atom. The quantitative estimate of drug-likeness (QED) is 0.836. The van der Waals surface area contributed by atoms with Crippen LogP contribution in [0.5, 0.6) is 0 Å². The Kier molecular flexibility index (Phi) is 4.41. The third-order valence-electron chi connectivity index (χ3n) is 2.73. The van der Waals surface area contributed by atoms with Crippen LogP contribution in [0.15, 0.2) is 30.3 Å². The molecule has 0 aliphatic rings. The van der Waals surface area contributed by atoms with Crippen LogP contribution in [0.4, 0.5) is 0 Å². The molecule has 0 unspecified atom stereocenters. The van der Waals surface area contributed by atoms with Gasteiger partial charge in [0, 0.05) is 12.6 Å². The maximum Gasteiger partial charge on any atom is 0.165 e. The monoisotopic (exact) mass is 245 g/mol. The van der Waals surface area contributed by atoms with Crippen molar-refractivity contribution in [3.63, 3.8) is 0 Å². The lowest BCUT2D eigenvalue weighted by atomic mass is 10.1. The molecule has 5 heteroatoms. The molecule has 0 bridgehead atoms. The first-order valence-electron chi connectivity index (χ1n) is 6.28. The molecule has 18 heavy (non-hydrogen) atoms. The van der Waals surface area contributed by atoms with E-state index in [0.29, 0.717) is 12.6 Å². The van der Waals surface area contributed by atoms with Gasteiger partial charge in [0.25, 0.3) is 0 Å². The minimum Gasteiger partial charge on any atom is -0.308 e. The predicted molar refractivity (Wildman–Crippen MR) is 69.9 cm³/mol. The second-order valence-corrected chi connectivity index (χ2v) is 4.59. The normalized spacial score (nSPS) is 11.1. The van der Waals surface area contributed by atoms with E-state index < -0.39 is 0 Å². The van der Waals surface area contributed by atoms with Gasteiger partial charge >= 0.3 is 0 Å². The topological polar surface area (TPSA) is 55.6 Å². The first-order chi connectivity index (χ1) is 8.75.